The molecule has 0 saturated heterocycles. The van der Waals surface area contributed by atoms with Crippen molar-refractivity contribution in [3.05, 3.63) is 72.2 Å². The molecule has 0 aliphatic rings. The minimum atomic E-state index is 0.650. The lowest BCUT2D eigenvalue weighted by Crippen LogP contribution is -1.82. The van der Waals surface area contributed by atoms with E-state index in [1.165, 1.54) is 11.1 Å². The molecule has 2 aromatic heterocycles. The van der Waals surface area contributed by atoms with Crippen molar-refractivity contribution in [1.29, 1.82) is 0 Å². The number of aryl methyl sites for hydroxylation is 2. The molecule has 2 aromatic carbocycles. The molecule has 0 unspecified atom stereocenters. The predicted octanol–water partition coefficient (Wildman–Crippen LogP) is 4.88. The first-order chi connectivity index (χ1) is 10.7. The van der Waals surface area contributed by atoms with Crippen molar-refractivity contribution in [2.45, 2.75) is 13.8 Å². The van der Waals surface area contributed by atoms with Crippen LogP contribution in [0.15, 0.2) is 65.2 Å². The smallest absolute Gasteiger partial charge is 0.306 e. The summed E-state index contributed by atoms with van der Waals surface area (Å²) in [5.74, 6) is 1.56. The highest BCUT2D eigenvalue weighted by atomic mass is 16.4. The van der Waals surface area contributed by atoms with E-state index in [1.54, 1.807) is 0 Å². The zero-order valence-electron chi connectivity index (χ0n) is 12.6. The summed E-state index contributed by atoms with van der Waals surface area (Å²) in [4.78, 5) is 4.56. The van der Waals surface area contributed by atoms with Crippen molar-refractivity contribution in [2.75, 3.05) is 0 Å². The molecule has 0 atom stereocenters. The minimum Gasteiger partial charge on any atom is -0.428 e. The summed E-state index contributed by atoms with van der Waals surface area (Å²) in [7, 11) is 0. The molecule has 4 rings (SSSR count). The average Bonchev–Trinajstić information content (AvgIpc) is 3.09. The van der Waals surface area contributed by atoms with Gasteiger partial charge >= 0.3 is 5.84 Å². The summed E-state index contributed by atoms with van der Waals surface area (Å²) in [5.41, 5.74) is 5.55. The SMILES string of the molecule is Cc1oc2nc(-c3ccc(-c4ccccc4)cc3)cn2c1C. The van der Waals surface area contributed by atoms with Crippen LogP contribution in [-0.4, -0.2) is 9.38 Å². The number of rotatable bonds is 2. The lowest BCUT2D eigenvalue weighted by Gasteiger charge is -2.02. The van der Waals surface area contributed by atoms with E-state index in [9.17, 15) is 0 Å². The van der Waals surface area contributed by atoms with Gasteiger partial charge in [0, 0.05) is 11.8 Å². The van der Waals surface area contributed by atoms with Gasteiger partial charge in [-0.15, -0.1) is 0 Å². The van der Waals surface area contributed by atoms with Crippen molar-refractivity contribution in [2.24, 2.45) is 0 Å². The molecule has 0 spiro atoms. The van der Waals surface area contributed by atoms with Gasteiger partial charge < -0.3 is 4.42 Å². The molecule has 3 heteroatoms. The van der Waals surface area contributed by atoms with Crippen molar-refractivity contribution in [1.82, 2.24) is 9.38 Å². The summed E-state index contributed by atoms with van der Waals surface area (Å²) < 4.78 is 7.64. The van der Waals surface area contributed by atoms with Gasteiger partial charge in [0.25, 0.3) is 0 Å². The van der Waals surface area contributed by atoms with Crippen LogP contribution in [0.3, 0.4) is 0 Å². The first kappa shape index (κ1) is 12.9. The van der Waals surface area contributed by atoms with E-state index in [0.717, 1.165) is 22.7 Å². The van der Waals surface area contributed by atoms with Crippen LogP contribution in [0.1, 0.15) is 11.5 Å². The second kappa shape index (κ2) is 4.88. The maximum atomic E-state index is 5.65. The van der Waals surface area contributed by atoms with Gasteiger partial charge in [-0.3, -0.25) is 4.40 Å². The van der Waals surface area contributed by atoms with E-state index in [2.05, 4.69) is 53.5 Å². The molecule has 0 fully saturated rings. The Bertz CT molecular complexity index is 931. The van der Waals surface area contributed by atoms with Crippen LogP contribution in [0, 0.1) is 13.8 Å². The summed E-state index contributed by atoms with van der Waals surface area (Å²) in [5, 5.41) is 0. The van der Waals surface area contributed by atoms with Crippen LogP contribution in [0.4, 0.5) is 0 Å². The molecule has 0 saturated carbocycles. The zero-order chi connectivity index (χ0) is 15.1. The zero-order valence-corrected chi connectivity index (χ0v) is 12.6. The number of oxazole rings is 1. The molecule has 0 amide bonds. The molecule has 108 valence electrons. The van der Waals surface area contributed by atoms with Crippen LogP contribution in [0.2, 0.25) is 0 Å². The Morgan fingerprint density at radius 2 is 1.45 bits per heavy atom. The van der Waals surface area contributed by atoms with E-state index in [1.807, 2.05) is 30.5 Å². The highest BCUT2D eigenvalue weighted by molar-refractivity contribution is 5.69. The summed E-state index contributed by atoms with van der Waals surface area (Å²) >= 11 is 0. The van der Waals surface area contributed by atoms with Crippen molar-refractivity contribution in [3.8, 4) is 22.4 Å². The van der Waals surface area contributed by atoms with E-state index < -0.39 is 0 Å². The number of hydrogen-bond acceptors (Lipinski definition) is 2. The fourth-order valence-corrected chi connectivity index (χ4v) is 2.66. The fraction of sp³-hybridized carbons (Fsp3) is 0.105. The van der Waals surface area contributed by atoms with E-state index in [4.69, 9.17) is 4.42 Å². The maximum absolute atomic E-state index is 5.65. The predicted molar refractivity (Wildman–Crippen MR) is 87.8 cm³/mol. The van der Waals surface area contributed by atoms with Gasteiger partial charge in [-0.25, -0.2) is 0 Å². The van der Waals surface area contributed by atoms with E-state index in [0.29, 0.717) is 5.84 Å². The van der Waals surface area contributed by atoms with Gasteiger partial charge in [0.1, 0.15) is 5.76 Å². The van der Waals surface area contributed by atoms with Crippen LogP contribution in [0.25, 0.3) is 28.2 Å². The summed E-state index contributed by atoms with van der Waals surface area (Å²) in [6.07, 6.45) is 2.03. The molecule has 4 aromatic rings. The van der Waals surface area contributed by atoms with Crippen LogP contribution in [0.5, 0.6) is 0 Å². The Kier molecular flexibility index (Phi) is 2.86. The van der Waals surface area contributed by atoms with Gasteiger partial charge in [-0.1, -0.05) is 54.6 Å². The minimum absolute atomic E-state index is 0.650. The first-order valence-electron chi connectivity index (χ1n) is 7.33. The largest absolute Gasteiger partial charge is 0.428 e. The number of benzene rings is 2. The number of hydrogen-bond donors (Lipinski definition) is 0. The molecule has 22 heavy (non-hydrogen) atoms. The topological polar surface area (TPSA) is 30.4 Å². The third-order valence-corrected chi connectivity index (χ3v) is 4.08. The van der Waals surface area contributed by atoms with Crippen molar-refractivity contribution >= 4 is 5.84 Å². The quantitative estimate of drug-likeness (QED) is 0.526. The van der Waals surface area contributed by atoms with E-state index >= 15 is 0 Å². The normalized spacial score (nSPS) is 11.2. The summed E-state index contributed by atoms with van der Waals surface area (Å²) in [6.45, 7) is 3.99. The lowest BCUT2D eigenvalue weighted by molar-refractivity contribution is 0.561. The highest BCUT2D eigenvalue weighted by Gasteiger charge is 2.11. The Morgan fingerprint density at radius 3 is 2.14 bits per heavy atom. The van der Waals surface area contributed by atoms with Gasteiger partial charge in [-0.2, -0.15) is 4.98 Å². The third kappa shape index (κ3) is 2.02. The molecule has 3 nitrogen and oxygen atoms in total. The number of nitrogens with zero attached hydrogens (tertiary/aromatic N) is 2. The fourth-order valence-electron chi connectivity index (χ4n) is 2.66. The van der Waals surface area contributed by atoms with Crippen molar-refractivity contribution < 1.29 is 4.42 Å². The maximum Gasteiger partial charge on any atom is 0.306 e. The Morgan fingerprint density at radius 1 is 0.818 bits per heavy atom. The molecular formula is C19H16N2O. The Hall–Kier alpha value is -2.81. The highest BCUT2D eigenvalue weighted by Crippen LogP contribution is 2.26. The molecule has 0 N–H and O–H groups in total. The Balaban J connectivity index is 1.72. The molecule has 2 heterocycles. The Labute approximate surface area is 128 Å². The molecule has 0 aliphatic heterocycles. The van der Waals surface area contributed by atoms with Crippen molar-refractivity contribution in [3.63, 3.8) is 0 Å². The summed E-state index contributed by atoms with van der Waals surface area (Å²) in [6, 6.07) is 18.8. The first-order valence-corrected chi connectivity index (χ1v) is 7.33. The third-order valence-electron chi connectivity index (χ3n) is 4.08. The average molecular weight is 288 g/mol. The van der Waals surface area contributed by atoms with Gasteiger partial charge in [0.2, 0.25) is 0 Å². The monoisotopic (exact) mass is 288 g/mol. The molecule has 0 bridgehead atoms. The molecular weight excluding hydrogens is 272 g/mol. The van der Waals surface area contributed by atoms with Crippen LogP contribution < -0.4 is 0 Å². The van der Waals surface area contributed by atoms with Crippen LogP contribution >= 0.6 is 0 Å². The number of imidazole rings is 1. The molecule has 0 radical (unpaired) electrons. The second-order valence-electron chi connectivity index (χ2n) is 5.47. The van der Waals surface area contributed by atoms with Gasteiger partial charge in [-0.05, 0) is 25.0 Å². The van der Waals surface area contributed by atoms with Gasteiger partial charge in [0.15, 0.2) is 0 Å². The van der Waals surface area contributed by atoms with Crippen LogP contribution in [-0.2, 0) is 0 Å². The van der Waals surface area contributed by atoms with Gasteiger partial charge in [0.05, 0.1) is 11.4 Å². The number of fused-ring (bicyclic) bond motifs is 1. The molecule has 0 aliphatic carbocycles. The van der Waals surface area contributed by atoms with E-state index in [-0.39, 0.29) is 0 Å². The lowest BCUT2D eigenvalue weighted by atomic mass is 10.0. The number of aromatic nitrogens is 2. The standard InChI is InChI=1S/C19H16N2O/c1-13-14(2)22-19-20-18(12-21(13)19)17-10-8-16(9-11-17)15-6-4-3-5-7-15/h3-12H,1-2H3. The second-order valence-corrected chi connectivity index (χ2v) is 5.47.